The van der Waals surface area contributed by atoms with Crippen molar-refractivity contribution in [2.24, 2.45) is 0 Å². The molecule has 1 N–H and O–H groups in total. The van der Waals surface area contributed by atoms with Crippen LogP contribution in [0.2, 0.25) is 0 Å². The molecule has 0 spiro atoms. The van der Waals surface area contributed by atoms with Crippen LogP contribution in [0.15, 0.2) is 41.1 Å². The number of hydrogen-bond acceptors (Lipinski definition) is 4. The fourth-order valence-electron chi connectivity index (χ4n) is 2.55. The SMILES string of the molecule is Bc1cnc2c(Br)cc(OC(SC)C(=C)NC(C)(C)C#CC)cc2c1. The number of aromatic nitrogens is 1. The number of fused-ring (bicyclic) bond motifs is 1. The van der Waals surface area contributed by atoms with Crippen LogP contribution < -0.4 is 15.5 Å². The lowest BCUT2D eigenvalue weighted by Crippen LogP contribution is -2.40. The lowest BCUT2D eigenvalue weighted by molar-refractivity contribution is 0.304. The second kappa shape index (κ2) is 8.20. The van der Waals surface area contributed by atoms with E-state index in [9.17, 15) is 0 Å². The minimum absolute atomic E-state index is 0.222. The third kappa shape index (κ3) is 5.20. The minimum Gasteiger partial charge on any atom is -0.473 e. The summed E-state index contributed by atoms with van der Waals surface area (Å²) in [5.74, 6) is 6.84. The van der Waals surface area contributed by atoms with Crippen molar-refractivity contribution in [2.45, 2.75) is 31.7 Å². The van der Waals surface area contributed by atoms with E-state index in [4.69, 9.17) is 4.74 Å². The number of nitrogens with one attached hydrogen (secondary N) is 1. The molecular weight excluding hydrogens is 395 g/mol. The molecule has 2 aromatic rings. The second-order valence-electron chi connectivity index (χ2n) is 6.33. The predicted molar refractivity (Wildman–Crippen MR) is 115 cm³/mol. The van der Waals surface area contributed by atoms with Gasteiger partial charge in [0.15, 0.2) is 5.44 Å². The molecule has 2 rings (SSSR count). The van der Waals surface area contributed by atoms with Crippen LogP contribution in [0.4, 0.5) is 0 Å². The third-order valence-corrected chi connectivity index (χ3v) is 4.91. The first-order chi connectivity index (χ1) is 11.8. The summed E-state index contributed by atoms with van der Waals surface area (Å²) in [5, 5.41) is 4.39. The molecule has 0 aliphatic heterocycles. The molecule has 0 saturated heterocycles. The van der Waals surface area contributed by atoms with Crippen molar-refractivity contribution in [1.29, 1.82) is 0 Å². The number of halogens is 1. The van der Waals surface area contributed by atoms with Crippen LogP contribution in [0.3, 0.4) is 0 Å². The van der Waals surface area contributed by atoms with Crippen molar-refractivity contribution in [3.8, 4) is 17.6 Å². The van der Waals surface area contributed by atoms with E-state index in [0.29, 0.717) is 0 Å². The first-order valence-electron chi connectivity index (χ1n) is 7.92. The van der Waals surface area contributed by atoms with Gasteiger partial charge >= 0.3 is 0 Å². The largest absolute Gasteiger partial charge is 0.473 e. The van der Waals surface area contributed by atoms with E-state index in [2.05, 4.69) is 50.7 Å². The molecule has 0 fully saturated rings. The summed E-state index contributed by atoms with van der Waals surface area (Å²) in [5.41, 5.74) is 2.26. The molecule has 3 nitrogen and oxygen atoms in total. The fraction of sp³-hybridized carbons (Fsp3) is 0.316. The van der Waals surface area contributed by atoms with Crippen molar-refractivity contribution in [3.05, 3.63) is 41.1 Å². The Morgan fingerprint density at radius 3 is 2.80 bits per heavy atom. The molecule has 1 heterocycles. The van der Waals surface area contributed by atoms with Gasteiger partial charge in [0.05, 0.1) is 16.8 Å². The Morgan fingerprint density at radius 2 is 2.16 bits per heavy atom. The van der Waals surface area contributed by atoms with E-state index in [1.165, 1.54) is 0 Å². The summed E-state index contributed by atoms with van der Waals surface area (Å²) in [6, 6.07) is 6.05. The first-order valence-corrected chi connectivity index (χ1v) is 10.00. The topological polar surface area (TPSA) is 34.1 Å². The van der Waals surface area contributed by atoms with Gasteiger partial charge in [-0.05, 0) is 55.1 Å². The van der Waals surface area contributed by atoms with E-state index in [-0.39, 0.29) is 11.0 Å². The average Bonchev–Trinajstić information content (AvgIpc) is 2.51. The zero-order valence-corrected chi connectivity index (χ0v) is 17.6. The zero-order valence-electron chi connectivity index (χ0n) is 15.2. The van der Waals surface area contributed by atoms with Crippen LogP contribution in [0.5, 0.6) is 5.75 Å². The van der Waals surface area contributed by atoms with E-state index in [0.717, 1.165) is 32.3 Å². The summed E-state index contributed by atoms with van der Waals surface area (Å²) >= 11 is 5.17. The molecule has 0 saturated carbocycles. The zero-order chi connectivity index (χ0) is 18.6. The maximum Gasteiger partial charge on any atom is 0.183 e. The predicted octanol–water partition coefficient (Wildman–Crippen LogP) is 3.23. The van der Waals surface area contributed by atoms with Gasteiger partial charge < -0.3 is 10.1 Å². The van der Waals surface area contributed by atoms with E-state index in [1.54, 1.807) is 11.8 Å². The van der Waals surface area contributed by atoms with Gasteiger partial charge in [-0.1, -0.05) is 24.0 Å². The Labute approximate surface area is 163 Å². The quantitative estimate of drug-likeness (QED) is 0.445. The van der Waals surface area contributed by atoms with Gasteiger partial charge in [-0.25, -0.2) is 0 Å². The number of thioether (sulfide) groups is 1. The highest BCUT2D eigenvalue weighted by atomic mass is 79.9. The first kappa shape index (κ1) is 19.7. The van der Waals surface area contributed by atoms with Gasteiger partial charge in [0.1, 0.15) is 13.6 Å². The molecule has 0 aliphatic rings. The molecule has 25 heavy (non-hydrogen) atoms. The lowest BCUT2D eigenvalue weighted by atomic mass is 9.97. The molecule has 0 bridgehead atoms. The van der Waals surface area contributed by atoms with Gasteiger partial charge in [0.2, 0.25) is 0 Å². The highest BCUT2D eigenvalue weighted by Gasteiger charge is 2.21. The summed E-state index contributed by atoms with van der Waals surface area (Å²) < 4.78 is 7.09. The standard InChI is InChI=1S/C19H22BBrN2OS/c1-6-7-19(3,4)23-12(2)18(25-5)24-15-9-13-8-14(20)11-22-17(13)16(21)10-15/h8-11,18,23H,2,20H2,1,3-5H3. The number of pyridine rings is 1. The maximum absolute atomic E-state index is 6.17. The van der Waals surface area contributed by atoms with E-state index >= 15 is 0 Å². The Morgan fingerprint density at radius 1 is 1.44 bits per heavy atom. The average molecular weight is 417 g/mol. The monoisotopic (exact) mass is 416 g/mol. The van der Waals surface area contributed by atoms with Crippen LogP contribution >= 0.6 is 27.7 Å². The third-order valence-electron chi connectivity index (χ3n) is 3.50. The molecular formula is C19H22BBrN2OS. The molecule has 0 radical (unpaired) electrons. The smallest absolute Gasteiger partial charge is 0.183 e. The molecule has 0 amide bonds. The fourth-order valence-corrected chi connectivity index (χ4v) is 3.65. The lowest BCUT2D eigenvalue weighted by Gasteiger charge is -2.27. The molecule has 1 aromatic carbocycles. The van der Waals surface area contributed by atoms with E-state index in [1.807, 2.05) is 53.2 Å². The number of hydrogen-bond donors (Lipinski definition) is 1. The maximum atomic E-state index is 6.17. The number of nitrogens with zero attached hydrogens (tertiary/aromatic N) is 1. The molecule has 1 unspecified atom stereocenters. The van der Waals surface area contributed by atoms with Crippen LogP contribution in [-0.2, 0) is 0 Å². The molecule has 1 atom stereocenters. The Bertz CT molecular complexity index is 858. The number of rotatable bonds is 6. The van der Waals surface area contributed by atoms with Crippen LogP contribution in [0.25, 0.3) is 10.9 Å². The number of benzene rings is 1. The van der Waals surface area contributed by atoms with Gasteiger partial charge in [-0.15, -0.1) is 17.7 Å². The normalized spacial score (nSPS) is 12.2. The van der Waals surface area contributed by atoms with E-state index < -0.39 is 0 Å². The van der Waals surface area contributed by atoms with Crippen molar-refractivity contribution < 1.29 is 4.74 Å². The van der Waals surface area contributed by atoms with Crippen molar-refractivity contribution >= 4 is 51.9 Å². The van der Waals surface area contributed by atoms with Crippen LogP contribution in [0.1, 0.15) is 20.8 Å². The summed E-state index contributed by atoms with van der Waals surface area (Å²) in [6.45, 7) is 10.0. The minimum atomic E-state index is -0.353. The Balaban J connectivity index is 2.24. The molecule has 130 valence electrons. The highest BCUT2D eigenvalue weighted by Crippen LogP contribution is 2.30. The number of ether oxygens (including phenoxy) is 1. The molecule has 0 aliphatic carbocycles. The second-order valence-corrected chi connectivity index (χ2v) is 8.08. The van der Waals surface area contributed by atoms with Gasteiger partial charge in [0.25, 0.3) is 0 Å². The van der Waals surface area contributed by atoms with Gasteiger partial charge in [-0.3, -0.25) is 4.98 Å². The Hall–Kier alpha value is -1.58. The van der Waals surface area contributed by atoms with Crippen LogP contribution in [-0.4, -0.2) is 30.1 Å². The summed E-state index contributed by atoms with van der Waals surface area (Å²) in [6.07, 6.45) is 3.86. The summed E-state index contributed by atoms with van der Waals surface area (Å²) in [4.78, 5) is 4.47. The Kier molecular flexibility index (Phi) is 6.48. The van der Waals surface area contributed by atoms with Crippen molar-refractivity contribution in [1.82, 2.24) is 10.3 Å². The highest BCUT2D eigenvalue weighted by molar-refractivity contribution is 9.10. The summed E-state index contributed by atoms with van der Waals surface area (Å²) in [7, 11) is 2.03. The molecule has 6 heteroatoms. The van der Waals surface area contributed by atoms with Gasteiger partial charge in [0, 0.05) is 16.1 Å². The van der Waals surface area contributed by atoms with Crippen LogP contribution in [0, 0.1) is 11.8 Å². The van der Waals surface area contributed by atoms with Crippen molar-refractivity contribution in [3.63, 3.8) is 0 Å². The van der Waals surface area contributed by atoms with Gasteiger partial charge in [-0.2, -0.15) is 0 Å². The van der Waals surface area contributed by atoms with Crippen molar-refractivity contribution in [2.75, 3.05) is 6.26 Å². The molecule has 1 aromatic heterocycles.